The third-order valence-corrected chi connectivity index (χ3v) is 5.35. The number of amides is 1. The molecule has 28 heavy (non-hydrogen) atoms. The molecule has 1 fully saturated rings. The van der Waals surface area contributed by atoms with Gasteiger partial charge in [0.1, 0.15) is 0 Å². The van der Waals surface area contributed by atoms with Gasteiger partial charge in [-0.1, -0.05) is 24.3 Å². The fourth-order valence-electron chi connectivity index (χ4n) is 3.77. The molecule has 146 valence electrons. The van der Waals surface area contributed by atoms with Gasteiger partial charge in [0.25, 0.3) is 0 Å². The molecule has 2 N–H and O–H groups in total. The minimum Gasteiger partial charge on any atom is -0.353 e. The second-order valence-corrected chi connectivity index (χ2v) is 7.42. The summed E-state index contributed by atoms with van der Waals surface area (Å²) in [5.74, 6) is 0.101. The molecule has 4 rings (SSSR count). The highest BCUT2D eigenvalue weighted by Crippen LogP contribution is 2.30. The van der Waals surface area contributed by atoms with Gasteiger partial charge >= 0.3 is 0 Å². The molecule has 6 heteroatoms. The Kier molecular flexibility index (Phi) is 5.69. The second kappa shape index (κ2) is 8.54. The first-order chi connectivity index (χ1) is 13.7. The first-order valence-electron chi connectivity index (χ1n) is 9.94. The third kappa shape index (κ3) is 4.24. The number of hydrogen-bond donors (Lipinski definition) is 2. The summed E-state index contributed by atoms with van der Waals surface area (Å²) in [6.07, 6.45) is 3.98. The molecule has 0 atom stereocenters. The highest BCUT2D eigenvalue weighted by molar-refractivity contribution is 5.90. The largest absolute Gasteiger partial charge is 0.353 e. The van der Waals surface area contributed by atoms with Crippen LogP contribution in [0.5, 0.6) is 0 Å². The number of hydrogen-bond acceptors (Lipinski definition) is 4. The molecule has 1 saturated heterocycles. The molecule has 0 aliphatic carbocycles. The van der Waals surface area contributed by atoms with E-state index in [0.29, 0.717) is 6.42 Å². The molecule has 6 nitrogen and oxygen atoms in total. The predicted octanol–water partition coefficient (Wildman–Crippen LogP) is 2.83. The van der Waals surface area contributed by atoms with Gasteiger partial charge in [-0.2, -0.15) is 0 Å². The van der Waals surface area contributed by atoms with Crippen LogP contribution >= 0.6 is 0 Å². The maximum atomic E-state index is 12.4. The van der Waals surface area contributed by atoms with Crippen molar-refractivity contribution in [2.24, 2.45) is 0 Å². The molecule has 1 amide bonds. The Hall–Kier alpha value is -2.70. The van der Waals surface area contributed by atoms with Gasteiger partial charge in [-0.15, -0.1) is 0 Å². The van der Waals surface area contributed by atoms with Crippen molar-refractivity contribution in [2.45, 2.75) is 19.3 Å². The summed E-state index contributed by atoms with van der Waals surface area (Å²) < 4.78 is 0. The Morgan fingerprint density at radius 3 is 2.68 bits per heavy atom. The molecule has 3 heterocycles. The number of nitrogens with zero attached hydrogens (tertiary/aromatic N) is 3. The molecule has 0 saturated carbocycles. The van der Waals surface area contributed by atoms with E-state index < -0.39 is 0 Å². The molecule has 3 aromatic rings. The average molecular weight is 377 g/mol. The van der Waals surface area contributed by atoms with E-state index in [-0.39, 0.29) is 5.91 Å². The molecule has 0 radical (unpaired) electrons. The van der Waals surface area contributed by atoms with Crippen molar-refractivity contribution in [2.75, 3.05) is 33.2 Å². The number of likely N-dealkylation sites (N-methyl/N-ethyl adjacent to an activating group) is 1. The van der Waals surface area contributed by atoms with E-state index in [1.807, 2.05) is 35.5 Å². The zero-order valence-corrected chi connectivity index (χ0v) is 16.3. The van der Waals surface area contributed by atoms with Crippen LogP contribution in [0.1, 0.15) is 18.4 Å². The number of pyridine rings is 1. The van der Waals surface area contributed by atoms with E-state index in [0.717, 1.165) is 55.9 Å². The fraction of sp³-hybridized carbons (Fsp3) is 0.364. The lowest BCUT2D eigenvalue weighted by Crippen LogP contribution is -2.52. The first-order valence-corrected chi connectivity index (χ1v) is 9.94. The number of H-pyrrole nitrogens is 1. The predicted molar refractivity (Wildman–Crippen MR) is 112 cm³/mol. The number of benzene rings is 1. The Labute approximate surface area is 165 Å². The second-order valence-electron chi connectivity index (χ2n) is 7.42. The number of rotatable bonds is 6. The summed E-state index contributed by atoms with van der Waals surface area (Å²) in [5, 5.41) is 3.25. The van der Waals surface area contributed by atoms with Crippen LogP contribution in [0.15, 0.2) is 48.7 Å². The summed E-state index contributed by atoms with van der Waals surface area (Å²) in [5.41, 5.74) is 7.40. The smallest absolute Gasteiger partial charge is 0.234 e. The highest BCUT2D eigenvalue weighted by atomic mass is 16.2. The summed E-state index contributed by atoms with van der Waals surface area (Å²) >= 11 is 0. The van der Waals surface area contributed by atoms with Gasteiger partial charge in [-0.25, -0.2) is 5.01 Å². The zero-order valence-electron chi connectivity index (χ0n) is 16.3. The minimum absolute atomic E-state index is 0.101. The van der Waals surface area contributed by atoms with Crippen LogP contribution in [-0.2, 0) is 11.2 Å². The first kappa shape index (κ1) is 18.7. The van der Waals surface area contributed by atoms with E-state index in [2.05, 4.69) is 45.5 Å². The number of hydrazine groups is 1. The summed E-state index contributed by atoms with van der Waals surface area (Å²) in [4.78, 5) is 22.7. The zero-order chi connectivity index (χ0) is 19.3. The van der Waals surface area contributed by atoms with Crippen LogP contribution in [-0.4, -0.2) is 59.0 Å². The maximum absolute atomic E-state index is 12.4. The fourth-order valence-corrected chi connectivity index (χ4v) is 3.77. The quantitative estimate of drug-likeness (QED) is 0.693. The molecule has 2 aromatic heterocycles. The summed E-state index contributed by atoms with van der Waals surface area (Å²) in [6, 6.07) is 14.3. The minimum atomic E-state index is 0.101. The molecular weight excluding hydrogens is 350 g/mol. The van der Waals surface area contributed by atoms with Gasteiger partial charge in [-0.3, -0.25) is 15.2 Å². The highest BCUT2D eigenvalue weighted by Gasteiger charge is 2.17. The lowest BCUT2D eigenvalue weighted by atomic mass is 10.0. The molecule has 1 aliphatic heterocycles. The number of piperazine rings is 1. The molecular formula is C22H27N5O. The van der Waals surface area contributed by atoms with Gasteiger partial charge in [-0.05, 0) is 43.7 Å². The van der Waals surface area contributed by atoms with E-state index in [1.54, 1.807) is 0 Å². The molecule has 0 bridgehead atoms. The van der Waals surface area contributed by atoms with E-state index >= 15 is 0 Å². The van der Waals surface area contributed by atoms with E-state index in [4.69, 9.17) is 0 Å². The van der Waals surface area contributed by atoms with Crippen molar-refractivity contribution in [1.29, 1.82) is 0 Å². The Balaban J connectivity index is 1.42. The molecule has 1 aromatic carbocycles. The number of aryl methyl sites for hydroxylation is 1. The molecule has 0 unspecified atom stereocenters. The summed E-state index contributed by atoms with van der Waals surface area (Å²) in [7, 11) is 2.11. The van der Waals surface area contributed by atoms with E-state index in [9.17, 15) is 4.79 Å². The molecule has 1 aliphatic rings. The number of carbonyl (C=O) groups excluding carboxylic acids is 1. The SMILES string of the molecule is CN1CCN(NC(=O)CCCc2c(-c3ccccn3)[nH]c3ccccc23)CC1. The van der Waals surface area contributed by atoms with Crippen molar-refractivity contribution in [1.82, 2.24) is 25.3 Å². The molecule has 0 spiro atoms. The average Bonchev–Trinajstić information content (AvgIpc) is 3.09. The van der Waals surface area contributed by atoms with Crippen LogP contribution in [0.3, 0.4) is 0 Å². The van der Waals surface area contributed by atoms with Crippen molar-refractivity contribution < 1.29 is 4.79 Å². The van der Waals surface area contributed by atoms with Crippen molar-refractivity contribution >= 4 is 16.8 Å². The maximum Gasteiger partial charge on any atom is 0.234 e. The van der Waals surface area contributed by atoms with Crippen LogP contribution in [0.25, 0.3) is 22.3 Å². The van der Waals surface area contributed by atoms with Gasteiger partial charge in [0.15, 0.2) is 0 Å². The standard InChI is InChI=1S/C22H27N5O/c1-26-13-15-27(16-14-26)25-21(28)11-6-8-18-17-7-2-3-9-19(17)24-22(18)20-10-4-5-12-23-20/h2-5,7,9-10,12,24H,6,8,11,13-16H2,1H3,(H,25,28). The lowest BCUT2D eigenvalue weighted by molar-refractivity contribution is -0.126. The van der Waals surface area contributed by atoms with Crippen LogP contribution in [0.2, 0.25) is 0 Å². The number of carbonyl (C=O) groups is 1. The van der Waals surface area contributed by atoms with Crippen LogP contribution < -0.4 is 5.43 Å². The van der Waals surface area contributed by atoms with Crippen LogP contribution in [0.4, 0.5) is 0 Å². The Bertz CT molecular complexity index is 929. The number of aromatic amines is 1. The van der Waals surface area contributed by atoms with E-state index in [1.165, 1.54) is 10.9 Å². The van der Waals surface area contributed by atoms with Gasteiger partial charge in [0, 0.05) is 49.7 Å². The van der Waals surface area contributed by atoms with Crippen molar-refractivity contribution in [3.8, 4) is 11.4 Å². The van der Waals surface area contributed by atoms with Crippen molar-refractivity contribution in [3.05, 3.63) is 54.2 Å². The van der Waals surface area contributed by atoms with Crippen LogP contribution in [0, 0.1) is 0 Å². The topological polar surface area (TPSA) is 64.3 Å². The summed E-state index contributed by atoms with van der Waals surface area (Å²) in [6.45, 7) is 3.75. The lowest BCUT2D eigenvalue weighted by Gasteiger charge is -2.32. The third-order valence-electron chi connectivity index (χ3n) is 5.35. The number of aromatic nitrogens is 2. The van der Waals surface area contributed by atoms with Gasteiger partial charge in [0.2, 0.25) is 5.91 Å². The number of nitrogens with one attached hydrogen (secondary N) is 2. The van der Waals surface area contributed by atoms with Gasteiger partial charge in [0.05, 0.1) is 11.4 Å². The van der Waals surface area contributed by atoms with Crippen molar-refractivity contribution in [3.63, 3.8) is 0 Å². The number of para-hydroxylation sites is 1. The number of fused-ring (bicyclic) bond motifs is 1. The Morgan fingerprint density at radius 2 is 1.89 bits per heavy atom. The monoisotopic (exact) mass is 377 g/mol. The Morgan fingerprint density at radius 1 is 1.11 bits per heavy atom. The van der Waals surface area contributed by atoms with Gasteiger partial charge < -0.3 is 9.88 Å². The normalized spacial score (nSPS) is 15.8.